The SMILES string of the molecule is CC(CC(=O)O)NC(=O)c1ccccc1CCc1ccccc1. The summed E-state index contributed by atoms with van der Waals surface area (Å²) in [5.41, 5.74) is 2.80. The van der Waals surface area contributed by atoms with Crippen LogP contribution in [0, 0.1) is 0 Å². The van der Waals surface area contributed by atoms with E-state index in [0.717, 1.165) is 18.4 Å². The average molecular weight is 311 g/mol. The van der Waals surface area contributed by atoms with Crippen molar-refractivity contribution in [3.05, 3.63) is 71.3 Å². The third kappa shape index (κ3) is 5.25. The number of carbonyl (C=O) groups is 2. The lowest BCUT2D eigenvalue weighted by Gasteiger charge is -2.14. The van der Waals surface area contributed by atoms with Crippen LogP contribution in [-0.4, -0.2) is 23.0 Å². The molecule has 0 spiro atoms. The molecule has 0 aliphatic carbocycles. The Morgan fingerprint density at radius 2 is 1.65 bits per heavy atom. The van der Waals surface area contributed by atoms with Gasteiger partial charge in [0.2, 0.25) is 0 Å². The van der Waals surface area contributed by atoms with Gasteiger partial charge >= 0.3 is 5.97 Å². The van der Waals surface area contributed by atoms with E-state index in [9.17, 15) is 9.59 Å². The fourth-order valence-corrected chi connectivity index (χ4v) is 2.50. The lowest BCUT2D eigenvalue weighted by Crippen LogP contribution is -2.34. The Labute approximate surface area is 136 Å². The van der Waals surface area contributed by atoms with Gasteiger partial charge in [0.1, 0.15) is 0 Å². The van der Waals surface area contributed by atoms with Gasteiger partial charge in [-0.3, -0.25) is 9.59 Å². The summed E-state index contributed by atoms with van der Waals surface area (Å²) in [4.78, 5) is 23.1. The van der Waals surface area contributed by atoms with Gasteiger partial charge in [-0.1, -0.05) is 48.5 Å². The molecule has 0 bridgehead atoms. The van der Waals surface area contributed by atoms with Crippen molar-refractivity contribution in [2.75, 3.05) is 0 Å². The maximum absolute atomic E-state index is 12.4. The maximum atomic E-state index is 12.4. The van der Waals surface area contributed by atoms with Gasteiger partial charge in [0.05, 0.1) is 6.42 Å². The van der Waals surface area contributed by atoms with Crippen LogP contribution in [0.1, 0.15) is 34.8 Å². The van der Waals surface area contributed by atoms with Crippen molar-refractivity contribution in [1.82, 2.24) is 5.32 Å². The molecule has 120 valence electrons. The molecule has 4 heteroatoms. The van der Waals surface area contributed by atoms with E-state index in [2.05, 4.69) is 17.4 Å². The molecule has 0 fully saturated rings. The smallest absolute Gasteiger partial charge is 0.305 e. The molecular weight excluding hydrogens is 290 g/mol. The van der Waals surface area contributed by atoms with Gasteiger partial charge in [0, 0.05) is 11.6 Å². The topological polar surface area (TPSA) is 66.4 Å². The second kappa shape index (κ2) is 8.13. The van der Waals surface area contributed by atoms with Gasteiger partial charge in [0.15, 0.2) is 0 Å². The molecule has 23 heavy (non-hydrogen) atoms. The highest BCUT2D eigenvalue weighted by atomic mass is 16.4. The summed E-state index contributed by atoms with van der Waals surface area (Å²) >= 11 is 0. The molecule has 0 saturated carbocycles. The van der Waals surface area contributed by atoms with Crippen LogP contribution < -0.4 is 5.32 Å². The predicted octanol–water partition coefficient (Wildman–Crippen LogP) is 3.06. The number of aryl methyl sites for hydroxylation is 2. The molecule has 0 heterocycles. The molecule has 0 saturated heterocycles. The highest BCUT2D eigenvalue weighted by Gasteiger charge is 2.15. The van der Waals surface area contributed by atoms with Crippen LogP contribution in [0.4, 0.5) is 0 Å². The fourth-order valence-electron chi connectivity index (χ4n) is 2.50. The number of amides is 1. The first-order valence-corrected chi connectivity index (χ1v) is 7.70. The van der Waals surface area contributed by atoms with Crippen molar-refractivity contribution >= 4 is 11.9 Å². The Balaban J connectivity index is 2.04. The molecule has 0 radical (unpaired) electrons. The third-order valence-corrected chi connectivity index (χ3v) is 3.65. The molecule has 0 aliphatic rings. The second-order valence-corrected chi connectivity index (χ2v) is 5.62. The summed E-state index contributed by atoms with van der Waals surface area (Å²) in [6.07, 6.45) is 1.54. The number of hydrogen-bond acceptors (Lipinski definition) is 2. The normalized spacial score (nSPS) is 11.7. The first-order chi connectivity index (χ1) is 11.1. The summed E-state index contributed by atoms with van der Waals surface area (Å²) in [6.45, 7) is 1.69. The minimum absolute atomic E-state index is 0.0854. The standard InChI is InChI=1S/C19H21NO3/c1-14(13-18(21)22)20-19(23)17-10-6-5-9-16(17)12-11-15-7-3-2-4-8-15/h2-10,14H,11-13H2,1H3,(H,20,23)(H,21,22). The van der Waals surface area contributed by atoms with Crippen LogP contribution in [0.2, 0.25) is 0 Å². The molecule has 2 aromatic rings. The van der Waals surface area contributed by atoms with E-state index in [-0.39, 0.29) is 12.3 Å². The maximum Gasteiger partial charge on any atom is 0.305 e. The highest BCUT2D eigenvalue weighted by molar-refractivity contribution is 5.96. The van der Waals surface area contributed by atoms with Crippen LogP contribution in [0.25, 0.3) is 0 Å². The van der Waals surface area contributed by atoms with E-state index in [4.69, 9.17) is 5.11 Å². The predicted molar refractivity (Wildman–Crippen MR) is 89.5 cm³/mol. The molecule has 2 N–H and O–H groups in total. The Morgan fingerprint density at radius 1 is 1.00 bits per heavy atom. The summed E-state index contributed by atoms with van der Waals surface area (Å²) in [5.74, 6) is -1.14. The zero-order valence-electron chi connectivity index (χ0n) is 13.2. The number of nitrogens with one attached hydrogen (secondary N) is 1. The average Bonchev–Trinajstić information content (AvgIpc) is 2.53. The summed E-state index contributed by atoms with van der Waals surface area (Å²) < 4.78 is 0. The van der Waals surface area contributed by atoms with E-state index in [1.807, 2.05) is 36.4 Å². The van der Waals surface area contributed by atoms with Gasteiger partial charge in [-0.25, -0.2) is 0 Å². The lowest BCUT2D eigenvalue weighted by atomic mass is 9.99. The number of carboxylic acids is 1. The van der Waals surface area contributed by atoms with E-state index in [1.165, 1.54) is 5.56 Å². The first kappa shape index (κ1) is 16.7. The van der Waals surface area contributed by atoms with Gasteiger partial charge in [-0.05, 0) is 37.0 Å². The minimum atomic E-state index is -0.921. The van der Waals surface area contributed by atoms with Crippen LogP contribution in [0.5, 0.6) is 0 Å². The fraction of sp³-hybridized carbons (Fsp3) is 0.263. The highest BCUT2D eigenvalue weighted by Crippen LogP contribution is 2.13. The van der Waals surface area contributed by atoms with Crippen LogP contribution in [0.3, 0.4) is 0 Å². The first-order valence-electron chi connectivity index (χ1n) is 7.70. The molecule has 4 nitrogen and oxygen atoms in total. The van der Waals surface area contributed by atoms with Gasteiger partial charge < -0.3 is 10.4 Å². The molecule has 1 atom stereocenters. The van der Waals surface area contributed by atoms with Crippen molar-refractivity contribution in [3.8, 4) is 0 Å². The van der Waals surface area contributed by atoms with Gasteiger partial charge in [0.25, 0.3) is 5.91 Å². The van der Waals surface area contributed by atoms with E-state index >= 15 is 0 Å². The number of rotatable bonds is 7. The molecule has 0 aromatic heterocycles. The monoisotopic (exact) mass is 311 g/mol. The molecule has 1 unspecified atom stereocenters. The molecule has 2 rings (SSSR count). The molecule has 1 amide bonds. The third-order valence-electron chi connectivity index (χ3n) is 3.65. The van der Waals surface area contributed by atoms with Crippen molar-refractivity contribution in [1.29, 1.82) is 0 Å². The van der Waals surface area contributed by atoms with Crippen molar-refractivity contribution in [2.45, 2.75) is 32.2 Å². The van der Waals surface area contributed by atoms with Crippen LogP contribution >= 0.6 is 0 Å². The van der Waals surface area contributed by atoms with E-state index in [1.54, 1.807) is 13.0 Å². The van der Waals surface area contributed by atoms with Gasteiger partial charge in [-0.2, -0.15) is 0 Å². The Bertz CT molecular complexity index is 667. The number of carboxylic acid groups (broad SMARTS) is 1. The van der Waals surface area contributed by atoms with E-state index in [0.29, 0.717) is 5.56 Å². The summed E-state index contributed by atoms with van der Waals surface area (Å²) in [7, 11) is 0. The number of benzene rings is 2. The number of aliphatic carboxylic acids is 1. The molecular formula is C19H21NO3. The lowest BCUT2D eigenvalue weighted by molar-refractivity contribution is -0.137. The second-order valence-electron chi connectivity index (χ2n) is 5.62. The van der Waals surface area contributed by atoms with Crippen molar-refractivity contribution in [3.63, 3.8) is 0 Å². The quantitative estimate of drug-likeness (QED) is 0.826. The zero-order chi connectivity index (χ0) is 16.7. The molecule has 0 aliphatic heterocycles. The summed E-state index contributed by atoms with van der Waals surface area (Å²) in [5, 5.41) is 11.5. The van der Waals surface area contributed by atoms with Gasteiger partial charge in [-0.15, -0.1) is 0 Å². The Morgan fingerprint density at radius 3 is 2.35 bits per heavy atom. The van der Waals surface area contributed by atoms with E-state index < -0.39 is 12.0 Å². The zero-order valence-corrected chi connectivity index (χ0v) is 13.2. The van der Waals surface area contributed by atoms with Crippen molar-refractivity contribution in [2.24, 2.45) is 0 Å². The Kier molecular flexibility index (Phi) is 5.92. The van der Waals surface area contributed by atoms with Crippen molar-refractivity contribution < 1.29 is 14.7 Å². The van der Waals surface area contributed by atoms with Crippen LogP contribution in [0.15, 0.2) is 54.6 Å². The molecule has 2 aromatic carbocycles. The Hall–Kier alpha value is -2.62. The largest absolute Gasteiger partial charge is 0.481 e. The number of carbonyl (C=O) groups excluding carboxylic acids is 1. The number of hydrogen-bond donors (Lipinski definition) is 2. The minimum Gasteiger partial charge on any atom is -0.481 e. The summed E-state index contributed by atoms with van der Waals surface area (Å²) in [6, 6.07) is 17.2. The van der Waals surface area contributed by atoms with Crippen LogP contribution in [-0.2, 0) is 17.6 Å².